The molecule has 2 aliphatic heterocycles. The Balaban J connectivity index is 1.66. The Bertz CT molecular complexity index is 794. The van der Waals surface area contributed by atoms with Crippen LogP contribution < -0.4 is 0 Å². The number of halogens is 2. The first-order valence-corrected chi connectivity index (χ1v) is 9.66. The van der Waals surface area contributed by atoms with Crippen LogP contribution in [0, 0.1) is 0 Å². The van der Waals surface area contributed by atoms with Gasteiger partial charge in [-0.25, -0.2) is 0 Å². The molecule has 2 aliphatic rings. The summed E-state index contributed by atoms with van der Waals surface area (Å²) in [7, 11) is 0. The highest BCUT2D eigenvalue weighted by atomic mass is 35.5. The van der Waals surface area contributed by atoms with Crippen molar-refractivity contribution < 1.29 is 29.2 Å². The van der Waals surface area contributed by atoms with E-state index in [1.165, 1.54) is 0 Å². The van der Waals surface area contributed by atoms with E-state index in [1.54, 1.807) is 48.5 Å². The lowest BCUT2D eigenvalue weighted by Gasteiger charge is -2.38. The molecule has 0 aromatic heterocycles. The number of ether oxygens (including phenoxy) is 4. The van der Waals surface area contributed by atoms with E-state index in [-0.39, 0.29) is 6.61 Å². The fourth-order valence-corrected chi connectivity index (χ4v) is 4.02. The maximum Gasteiger partial charge on any atom is 0.277 e. The largest absolute Gasteiger partial charge is 0.394 e. The summed E-state index contributed by atoms with van der Waals surface area (Å²) < 4.78 is 23.4. The second-order valence-corrected chi connectivity index (χ2v) is 7.68. The molecule has 0 bridgehead atoms. The molecule has 2 saturated heterocycles. The number of hydrogen-bond acceptors (Lipinski definition) is 6. The topological polar surface area (TPSA) is 77.4 Å². The van der Waals surface area contributed by atoms with E-state index in [2.05, 4.69) is 0 Å². The zero-order valence-electron chi connectivity index (χ0n) is 14.8. The average Bonchev–Trinajstić information content (AvgIpc) is 3.09. The highest BCUT2D eigenvalue weighted by Gasteiger charge is 2.56. The number of aliphatic hydroxyl groups excluding tert-OH is 2. The predicted molar refractivity (Wildman–Crippen MR) is 102 cm³/mol. The van der Waals surface area contributed by atoms with Crippen LogP contribution in [0.3, 0.4) is 0 Å². The third kappa shape index (κ3) is 3.67. The summed E-state index contributed by atoms with van der Waals surface area (Å²) in [5, 5.41) is 17.3. The van der Waals surface area contributed by atoms with Gasteiger partial charge in [0.2, 0.25) is 0 Å². The first-order valence-electron chi connectivity index (χ1n) is 8.90. The Morgan fingerprint density at radius 3 is 1.93 bits per heavy atom. The molecule has 6 nitrogen and oxygen atoms in total. The highest BCUT2D eigenvalue weighted by molar-refractivity contribution is 6.22. The van der Waals surface area contributed by atoms with E-state index in [4.69, 9.17) is 42.1 Å². The van der Waals surface area contributed by atoms with Crippen LogP contribution in [0.25, 0.3) is 0 Å². The van der Waals surface area contributed by atoms with Crippen molar-refractivity contribution >= 4 is 23.2 Å². The molecule has 0 saturated carbocycles. The predicted octanol–water partition coefficient (Wildman–Crippen LogP) is 2.64. The van der Waals surface area contributed by atoms with Crippen molar-refractivity contribution in [1.29, 1.82) is 0 Å². The van der Waals surface area contributed by atoms with E-state index >= 15 is 0 Å². The summed E-state index contributed by atoms with van der Waals surface area (Å²) in [6.45, 7) is -0.619. The summed E-state index contributed by atoms with van der Waals surface area (Å²) in [5.41, 5.74) is 1.09. The second-order valence-electron chi connectivity index (χ2n) is 6.69. The standard InChI is InChI=1S/C20H20Cl2O6/c21-19(13-7-3-1-4-8-13)25-12-15(24)17-18(16(11-23)26-19)28-20(22,27-17)14-9-5-2-6-10-14/h1-10,15-18,23-24H,11-12H2/t15-,16+,17+,18+,19?,20?/m0/s1. The Hall–Kier alpha value is -1.22. The van der Waals surface area contributed by atoms with Crippen molar-refractivity contribution in [1.82, 2.24) is 0 Å². The van der Waals surface area contributed by atoms with E-state index < -0.39 is 41.5 Å². The van der Waals surface area contributed by atoms with Crippen LogP contribution in [0.2, 0.25) is 0 Å². The second kappa shape index (κ2) is 7.89. The summed E-state index contributed by atoms with van der Waals surface area (Å²) in [6, 6.07) is 17.8. The van der Waals surface area contributed by atoms with Crippen LogP contribution in [0.15, 0.2) is 60.7 Å². The van der Waals surface area contributed by atoms with Crippen molar-refractivity contribution in [2.45, 2.75) is 34.9 Å². The van der Waals surface area contributed by atoms with Gasteiger partial charge in [-0.15, -0.1) is 0 Å². The Kier molecular flexibility index (Phi) is 5.66. The monoisotopic (exact) mass is 426 g/mol. The molecular formula is C20H20Cl2O6. The Morgan fingerprint density at radius 1 is 0.821 bits per heavy atom. The lowest BCUT2D eigenvalue weighted by molar-refractivity contribution is -0.265. The molecule has 4 rings (SSSR count). The minimum absolute atomic E-state index is 0.178. The molecule has 2 unspecified atom stereocenters. The van der Waals surface area contributed by atoms with Crippen LogP contribution in [0.4, 0.5) is 0 Å². The molecular weight excluding hydrogens is 407 g/mol. The number of aliphatic hydroxyl groups is 2. The fourth-order valence-electron chi connectivity index (χ4n) is 3.38. The van der Waals surface area contributed by atoms with Gasteiger partial charge in [0.05, 0.1) is 13.2 Å². The van der Waals surface area contributed by atoms with E-state index in [1.807, 2.05) is 12.1 Å². The zero-order chi connectivity index (χ0) is 19.8. The van der Waals surface area contributed by atoms with Gasteiger partial charge in [-0.1, -0.05) is 83.9 Å². The first kappa shape index (κ1) is 20.1. The normalized spacial score (nSPS) is 38.4. The first-order chi connectivity index (χ1) is 13.5. The quantitative estimate of drug-likeness (QED) is 0.734. The van der Waals surface area contributed by atoms with Gasteiger partial charge < -0.3 is 29.2 Å². The third-order valence-electron chi connectivity index (χ3n) is 4.80. The average molecular weight is 427 g/mol. The molecule has 0 amide bonds. The maximum atomic E-state index is 10.7. The van der Waals surface area contributed by atoms with Crippen LogP contribution in [0.1, 0.15) is 11.1 Å². The van der Waals surface area contributed by atoms with E-state index in [0.29, 0.717) is 11.1 Å². The van der Waals surface area contributed by atoms with Crippen LogP contribution in [-0.4, -0.2) is 47.8 Å². The number of benzene rings is 2. The molecule has 2 aromatic carbocycles. The molecule has 0 spiro atoms. The van der Waals surface area contributed by atoms with Crippen molar-refractivity contribution in [2.24, 2.45) is 0 Å². The van der Waals surface area contributed by atoms with Gasteiger partial charge in [0.1, 0.15) is 24.4 Å². The smallest absolute Gasteiger partial charge is 0.277 e. The van der Waals surface area contributed by atoms with Crippen molar-refractivity contribution in [2.75, 3.05) is 13.2 Å². The summed E-state index contributed by atoms with van der Waals surface area (Å²) >= 11 is 13.2. The minimum Gasteiger partial charge on any atom is -0.394 e. The summed E-state index contributed by atoms with van der Waals surface area (Å²) in [6.07, 6.45) is -3.81. The number of rotatable bonds is 3. The van der Waals surface area contributed by atoms with E-state index in [9.17, 15) is 10.2 Å². The fraction of sp³-hybridized carbons (Fsp3) is 0.400. The summed E-state index contributed by atoms with van der Waals surface area (Å²) in [4.78, 5) is 0. The van der Waals surface area contributed by atoms with Crippen LogP contribution in [-0.2, 0) is 29.4 Å². The maximum absolute atomic E-state index is 10.7. The van der Waals surface area contributed by atoms with Gasteiger partial charge in [-0.2, -0.15) is 0 Å². The zero-order valence-corrected chi connectivity index (χ0v) is 16.3. The molecule has 2 N–H and O–H groups in total. The van der Waals surface area contributed by atoms with Crippen LogP contribution in [0.5, 0.6) is 0 Å². The van der Waals surface area contributed by atoms with Gasteiger partial charge in [0.25, 0.3) is 10.5 Å². The Labute approximate surface area is 172 Å². The number of alkyl halides is 2. The lowest BCUT2D eigenvalue weighted by Crippen LogP contribution is -2.52. The number of hydrogen-bond donors (Lipinski definition) is 2. The molecule has 0 radical (unpaired) electrons. The lowest BCUT2D eigenvalue weighted by atomic mass is 10.0. The minimum atomic E-state index is -1.70. The van der Waals surface area contributed by atoms with Gasteiger partial charge in [0, 0.05) is 11.1 Å². The summed E-state index contributed by atoms with van der Waals surface area (Å²) in [5.74, 6) is 0. The molecule has 2 aromatic rings. The van der Waals surface area contributed by atoms with Crippen molar-refractivity contribution in [3.05, 3.63) is 71.8 Å². The molecule has 2 fully saturated rings. The van der Waals surface area contributed by atoms with Gasteiger partial charge >= 0.3 is 0 Å². The molecule has 8 heteroatoms. The van der Waals surface area contributed by atoms with Crippen molar-refractivity contribution in [3.8, 4) is 0 Å². The molecule has 0 aliphatic carbocycles. The third-order valence-corrected chi connectivity index (χ3v) is 5.62. The van der Waals surface area contributed by atoms with Crippen LogP contribution >= 0.6 is 23.2 Å². The van der Waals surface area contributed by atoms with Gasteiger partial charge in [-0.05, 0) is 0 Å². The molecule has 2 heterocycles. The van der Waals surface area contributed by atoms with Gasteiger partial charge in [-0.3, -0.25) is 0 Å². The van der Waals surface area contributed by atoms with Crippen molar-refractivity contribution in [3.63, 3.8) is 0 Å². The number of fused-ring (bicyclic) bond motifs is 1. The molecule has 6 atom stereocenters. The highest BCUT2D eigenvalue weighted by Crippen LogP contribution is 2.46. The van der Waals surface area contributed by atoms with Gasteiger partial charge in [0.15, 0.2) is 0 Å². The molecule has 150 valence electrons. The molecule has 28 heavy (non-hydrogen) atoms. The Morgan fingerprint density at radius 2 is 1.36 bits per heavy atom. The van der Waals surface area contributed by atoms with E-state index in [0.717, 1.165) is 0 Å². The SMILES string of the molecule is OC[C@H]1OC(Cl)(c2ccccc2)OC[C@H](O)[C@H]2OC(Cl)(c3ccccc3)O[C@@H]21.